The van der Waals surface area contributed by atoms with Gasteiger partial charge in [0.1, 0.15) is 6.61 Å². The van der Waals surface area contributed by atoms with Gasteiger partial charge in [0.2, 0.25) is 0 Å². The molecule has 2 amide bonds. The number of nitrogens with one attached hydrogen (secondary N) is 2. The second kappa shape index (κ2) is 10.8. The fourth-order valence-corrected chi connectivity index (χ4v) is 4.16. The first-order chi connectivity index (χ1) is 17.0. The van der Waals surface area contributed by atoms with Crippen LogP contribution in [0.5, 0.6) is 0 Å². The highest BCUT2D eigenvalue weighted by molar-refractivity contribution is 5.94. The Bertz CT molecular complexity index is 1180. The van der Waals surface area contributed by atoms with E-state index in [1.165, 1.54) is 18.2 Å². The molecular weight excluding hydrogens is 448 g/mol. The molecule has 1 unspecified atom stereocenters. The van der Waals surface area contributed by atoms with Crippen LogP contribution < -0.4 is 10.6 Å². The van der Waals surface area contributed by atoms with Crippen LogP contribution in [-0.4, -0.2) is 49.4 Å². The van der Waals surface area contributed by atoms with Crippen molar-refractivity contribution in [2.75, 3.05) is 20.3 Å². The Kier molecular flexibility index (Phi) is 7.42. The first-order valence-corrected chi connectivity index (χ1v) is 11.2. The molecule has 8 heteroatoms. The number of fused-ring (bicyclic) bond motifs is 3. The standard InChI is InChI=1S/C27H26N2O6/c1-34-24(26(31)32)15-28-25(30)18-12-10-17(11-13-18)14-29-27(33)35-16-23-21-8-4-2-6-19(21)20-7-3-5-9-22(20)23/h2-13,23-24H,14-16H2,1H3,(H,28,30)(H,29,33)(H,31,32). The van der Waals surface area contributed by atoms with Crippen LogP contribution in [0.25, 0.3) is 11.1 Å². The highest BCUT2D eigenvalue weighted by atomic mass is 16.5. The van der Waals surface area contributed by atoms with E-state index in [4.69, 9.17) is 14.6 Å². The van der Waals surface area contributed by atoms with Crippen LogP contribution in [-0.2, 0) is 20.8 Å². The molecule has 0 heterocycles. The predicted octanol–water partition coefficient (Wildman–Crippen LogP) is 3.55. The molecule has 35 heavy (non-hydrogen) atoms. The number of carboxylic acid groups (broad SMARTS) is 1. The zero-order chi connectivity index (χ0) is 24.8. The van der Waals surface area contributed by atoms with Gasteiger partial charge < -0.3 is 25.2 Å². The number of benzene rings is 3. The Balaban J connectivity index is 1.27. The van der Waals surface area contributed by atoms with Gasteiger partial charge >= 0.3 is 12.1 Å². The fourth-order valence-electron chi connectivity index (χ4n) is 4.16. The topological polar surface area (TPSA) is 114 Å². The van der Waals surface area contributed by atoms with Crippen LogP contribution in [0.1, 0.15) is 33.0 Å². The van der Waals surface area contributed by atoms with Crippen molar-refractivity contribution < 1.29 is 29.0 Å². The van der Waals surface area contributed by atoms with E-state index in [0.29, 0.717) is 5.56 Å². The summed E-state index contributed by atoms with van der Waals surface area (Å²) >= 11 is 0. The van der Waals surface area contributed by atoms with Crippen LogP contribution in [0.4, 0.5) is 4.79 Å². The molecule has 1 atom stereocenters. The van der Waals surface area contributed by atoms with E-state index in [9.17, 15) is 14.4 Å². The highest BCUT2D eigenvalue weighted by Crippen LogP contribution is 2.44. The molecule has 3 N–H and O–H groups in total. The number of rotatable bonds is 9. The zero-order valence-electron chi connectivity index (χ0n) is 19.2. The van der Waals surface area contributed by atoms with E-state index in [1.807, 2.05) is 24.3 Å². The summed E-state index contributed by atoms with van der Waals surface area (Å²) < 4.78 is 10.3. The predicted molar refractivity (Wildman–Crippen MR) is 129 cm³/mol. The lowest BCUT2D eigenvalue weighted by atomic mass is 9.98. The molecule has 4 rings (SSSR count). The Hall–Kier alpha value is -4.17. The smallest absolute Gasteiger partial charge is 0.407 e. The minimum absolute atomic E-state index is 0.00946. The number of hydrogen-bond donors (Lipinski definition) is 3. The fraction of sp³-hybridized carbons (Fsp3) is 0.222. The Morgan fingerprint density at radius 3 is 2.06 bits per heavy atom. The third-order valence-corrected chi connectivity index (χ3v) is 6.00. The lowest BCUT2D eigenvalue weighted by Crippen LogP contribution is -2.37. The third-order valence-electron chi connectivity index (χ3n) is 6.00. The van der Waals surface area contributed by atoms with Gasteiger partial charge in [-0.25, -0.2) is 9.59 Å². The van der Waals surface area contributed by atoms with E-state index in [1.54, 1.807) is 24.3 Å². The summed E-state index contributed by atoms with van der Waals surface area (Å²) in [7, 11) is 1.27. The molecule has 0 fully saturated rings. The molecular formula is C27H26N2O6. The van der Waals surface area contributed by atoms with Crippen molar-refractivity contribution in [3.8, 4) is 11.1 Å². The number of carbonyl (C=O) groups excluding carboxylic acids is 2. The second-order valence-corrected chi connectivity index (χ2v) is 8.15. The maximum atomic E-state index is 12.3. The molecule has 0 aliphatic heterocycles. The van der Waals surface area contributed by atoms with E-state index < -0.39 is 24.1 Å². The van der Waals surface area contributed by atoms with Crippen LogP contribution >= 0.6 is 0 Å². The van der Waals surface area contributed by atoms with Gasteiger partial charge in [0, 0.05) is 25.1 Å². The van der Waals surface area contributed by atoms with E-state index in [0.717, 1.165) is 16.7 Å². The van der Waals surface area contributed by atoms with Crippen molar-refractivity contribution in [3.63, 3.8) is 0 Å². The summed E-state index contributed by atoms with van der Waals surface area (Å²) in [5.41, 5.74) is 5.79. The van der Waals surface area contributed by atoms with Crippen LogP contribution in [0, 0.1) is 0 Å². The molecule has 0 bridgehead atoms. The Morgan fingerprint density at radius 2 is 1.49 bits per heavy atom. The quantitative estimate of drug-likeness (QED) is 0.437. The van der Waals surface area contributed by atoms with Gasteiger partial charge in [-0.3, -0.25) is 4.79 Å². The van der Waals surface area contributed by atoms with Crippen molar-refractivity contribution in [1.29, 1.82) is 0 Å². The van der Waals surface area contributed by atoms with Gasteiger partial charge in [-0.1, -0.05) is 60.7 Å². The van der Waals surface area contributed by atoms with Crippen molar-refractivity contribution in [2.24, 2.45) is 0 Å². The van der Waals surface area contributed by atoms with Crippen molar-refractivity contribution in [1.82, 2.24) is 10.6 Å². The number of amides is 2. The first kappa shape index (κ1) is 24.0. The molecule has 0 radical (unpaired) electrons. The first-order valence-electron chi connectivity index (χ1n) is 11.2. The molecule has 0 spiro atoms. The van der Waals surface area contributed by atoms with Gasteiger partial charge in [-0.2, -0.15) is 0 Å². The van der Waals surface area contributed by atoms with Crippen LogP contribution in [0.3, 0.4) is 0 Å². The normalized spacial score (nSPS) is 12.8. The Morgan fingerprint density at radius 1 is 0.886 bits per heavy atom. The highest BCUT2D eigenvalue weighted by Gasteiger charge is 2.29. The van der Waals surface area contributed by atoms with Gasteiger partial charge in [-0.15, -0.1) is 0 Å². The summed E-state index contributed by atoms with van der Waals surface area (Å²) in [6.07, 6.45) is -1.63. The largest absolute Gasteiger partial charge is 0.479 e. The molecule has 3 aromatic carbocycles. The second-order valence-electron chi connectivity index (χ2n) is 8.15. The van der Waals surface area contributed by atoms with Crippen LogP contribution in [0.2, 0.25) is 0 Å². The van der Waals surface area contributed by atoms with Crippen molar-refractivity contribution >= 4 is 18.0 Å². The third kappa shape index (κ3) is 5.50. The van der Waals surface area contributed by atoms with Crippen LogP contribution in [0.15, 0.2) is 72.8 Å². The number of hydrogen-bond acceptors (Lipinski definition) is 5. The molecule has 0 aromatic heterocycles. The van der Waals surface area contributed by atoms with E-state index in [-0.39, 0.29) is 25.6 Å². The van der Waals surface area contributed by atoms with Crippen molar-refractivity contribution in [3.05, 3.63) is 95.1 Å². The van der Waals surface area contributed by atoms with Crippen molar-refractivity contribution in [2.45, 2.75) is 18.6 Å². The zero-order valence-corrected chi connectivity index (χ0v) is 19.2. The number of carboxylic acids is 1. The summed E-state index contributed by atoms with van der Waals surface area (Å²) in [6.45, 7) is 0.330. The minimum atomic E-state index is -1.15. The van der Waals surface area contributed by atoms with Gasteiger partial charge in [0.15, 0.2) is 6.10 Å². The number of ether oxygens (including phenoxy) is 2. The number of methoxy groups -OCH3 is 1. The average Bonchev–Trinajstić information content (AvgIpc) is 3.20. The maximum absolute atomic E-state index is 12.3. The lowest BCUT2D eigenvalue weighted by molar-refractivity contribution is -0.148. The minimum Gasteiger partial charge on any atom is -0.479 e. The summed E-state index contributed by atoms with van der Waals surface area (Å²) in [4.78, 5) is 35.5. The Labute approximate surface area is 202 Å². The van der Waals surface area contributed by atoms with Gasteiger partial charge in [0.25, 0.3) is 5.91 Å². The van der Waals surface area contributed by atoms with Gasteiger partial charge in [0.05, 0.1) is 6.54 Å². The molecule has 8 nitrogen and oxygen atoms in total. The average molecular weight is 475 g/mol. The number of alkyl carbamates (subject to hydrolysis) is 1. The molecule has 180 valence electrons. The molecule has 0 saturated carbocycles. The summed E-state index contributed by atoms with van der Waals surface area (Å²) in [6, 6.07) is 22.9. The monoisotopic (exact) mass is 474 g/mol. The van der Waals surface area contributed by atoms with E-state index >= 15 is 0 Å². The maximum Gasteiger partial charge on any atom is 0.407 e. The molecule has 3 aromatic rings. The summed E-state index contributed by atoms with van der Waals surface area (Å²) in [5, 5.41) is 14.2. The SMILES string of the molecule is COC(CNC(=O)c1ccc(CNC(=O)OCC2c3ccccc3-c3ccccc32)cc1)C(=O)O. The number of aliphatic carboxylic acids is 1. The van der Waals surface area contributed by atoms with E-state index in [2.05, 4.69) is 34.9 Å². The molecule has 1 aliphatic rings. The lowest BCUT2D eigenvalue weighted by Gasteiger charge is -2.14. The number of carbonyl (C=O) groups is 3. The molecule has 1 aliphatic carbocycles. The van der Waals surface area contributed by atoms with Gasteiger partial charge in [-0.05, 0) is 39.9 Å². The molecule has 0 saturated heterocycles. The summed E-state index contributed by atoms with van der Waals surface area (Å²) in [5.74, 6) is -1.57.